The Hall–Kier alpha value is -4.79. The molecule has 1 saturated heterocycles. The van der Waals surface area contributed by atoms with Crippen LogP contribution in [-0.4, -0.2) is 69.5 Å². The normalized spacial score (nSPS) is 15.9. The van der Waals surface area contributed by atoms with Crippen molar-refractivity contribution in [3.05, 3.63) is 52.0 Å². The Balaban J connectivity index is 1.36. The molecule has 1 aromatic carbocycles. The minimum Gasteiger partial charge on any atom is -0.391 e. The van der Waals surface area contributed by atoms with Gasteiger partial charge >= 0.3 is 5.69 Å². The lowest BCUT2D eigenvalue weighted by Crippen LogP contribution is -2.25. The Morgan fingerprint density at radius 1 is 1.15 bits per heavy atom. The van der Waals surface area contributed by atoms with Gasteiger partial charge in [0.1, 0.15) is 11.6 Å². The van der Waals surface area contributed by atoms with Gasteiger partial charge in [-0.05, 0) is 28.9 Å². The van der Waals surface area contributed by atoms with E-state index in [1.165, 1.54) is 16.9 Å². The highest BCUT2D eigenvalue weighted by atomic mass is 16.6. The molecular weight excluding hydrogens is 506 g/mol. The van der Waals surface area contributed by atoms with Crippen molar-refractivity contribution in [2.45, 2.75) is 45.3 Å². The molecule has 5 heterocycles. The molecule has 1 aliphatic rings. The van der Waals surface area contributed by atoms with Gasteiger partial charge in [-0.3, -0.25) is 10.1 Å². The molecule has 5 aromatic rings. The van der Waals surface area contributed by atoms with Crippen molar-refractivity contribution in [3.63, 3.8) is 0 Å². The Labute approximate surface area is 221 Å². The summed E-state index contributed by atoms with van der Waals surface area (Å²) in [7, 11) is 0. The second-order valence-electron chi connectivity index (χ2n) is 10.4. The predicted octanol–water partition coefficient (Wildman–Crippen LogP) is 2.72. The van der Waals surface area contributed by atoms with Crippen LogP contribution in [0.1, 0.15) is 38.6 Å². The highest BCUT2D eigenvalue weighted by Crippen LogP contribution is 2.32. The lowest BCUT2D eigenvalue weighted by Gasteiger charge is -2.21. The van der Waals surface area contributed by atoms with Gasteiger partial charge in [-0.15, -0.1) is 10.2 Å². The summed E-state index contributed by atoms with van der Waals surface area (Å²) in [6.45, 7) is 7.50. The summed E-state index contributed by atoms with van der Waals surface area (Å²) < 4.78 is 4.77. The topological polar surface area (TPSA) is 187 Å². The largest absolute Gasteiger partial charge is 0.391 e. The number of nitrogens with zero attached hydrogens (tertiary/aromatic N) is 10. The molecule has 15 heteroatoms. The fourth-order valence-electron chi connectivity index (χ4n) is 4.46. The summed E-state index contributed by atoms with van der Waals surface area (Å²) >= 11 is 0. The van der Waals surface area contributed by atoms with Gasteiger partial charge in [-0.1, -0.05) is 26.8 Å². The number of non-ortho nitro benzene ring substituents is 1. The van der Waals surface area contributed by atoms with Gasteiger partial charge < -0.3 is 15.3 Å². The zero-order valence-electron chi connectivity index (χ0n) is 21.4. The van der Waals surface area contributed by atoms with Crippen LogP contribution in [0.15, 0.2) is 35.1 Å². The number of anilines is 3. The molecule has 200 valence electrons. The molecule has 0 aliphatic carbocycles. The van der Waals surface area contributed by atoms with Crippen LogP contribution >= 0.6 is 0 Å². The van der Waals surface area contributed by atoms with Crippen LogP contribution in [-0.2, 0) is 12.0 Å². The fourth-order valence-corrected chi connectivity index (χ4v) is 4.46. The fraction of sp³-hybridized carbons (Fsp3) is 0.375. The molecule has 0 bridgehead atoms. The number of aromatic nitrogens is 8. The first-order valence-electron chi connectivity index (χ1n) is 12.3. The number of nitro groups is 1. The summed E-state index contributed by atoms with van der Waals surface area (Å²) in [4.78, 5) is 28.3. The van der Waals surface area contributed by atoms with E-state index in [1.54, 1.807) is 12.3 Å². The van der Waals surface area contributed by atoms with Crippen LogP contribution in [0.4, 0.5) is 23.0 Å². The molecule has 1 fully saturated rings. The number of nitrogens with one attached hydrogen (secondary N) is 1. The first-order chi connectivity index (χ1) is 18.7. The Morgan fingerprint density at radius 3 is 2.72 bits per heavy atom. The van der Waals surface area contributed by atoms with Crippen molar-refractivity contribution in [2.75, 3.05) is 23.3 Å². The van der Waals surface area contributed by atoms with Gasteiger partial charge in [0.05, 0.1) is 23.3 Å². The van der Waals surface area contributed by atoms with E-state index in [0.717, 1.165) is 5.56 Å². The maximum atomic E-state index is 11.3. The number of hydrogen-bond acceptors (Lipinski definition) is 13. The molecular formula is C24H25N11O4. The third-order valence-electron chi connectivity index (χ3n) is 6.45. The van der Waals surface area contributed by atoms with Crippen molar-refractivity contribution in [2.24, 2.45) is 0 Å². The van der Waals surface area contributed by atoms with E-state index in [2.05, 4.69) is 25.7 Å². The van der Waals surface area contributed by atoms with Crippen molar-refractivity contribution in [1.29, 1.82) is 0 Å². The molecule has 0 saturated carbocycles. The maximum absolute atomic E-state index is 11.3. The number of aliphatic hydroxyl groups is 1. The second kappa shape index (κ2) is 9.20. The van der Waals surface area contributed by atoms with Crippen LogP contribution in [0.25, 0.3) is 22.2 Å². The lowest BCUT2D eigenvalue weighted by atomic mass is 9.96. The first-order valence-corrected chi connectivity index (χ1v) is 12.3. The van der Waals surface area contributed by atoms with Crippen LogP contribution in [0, 0.1) is 10.1 Å². The van der Waals surface area contributed by atoms with Gasteiger partial charge in [-0.2, -0.15) is 4.80 Å². The summed E-state index contributed by atoms with van der Waals surface area (Å²) in [6.07, 6.45) is 1.87. The average molecular weight is 532 g/mol. The zero-order chi connectivity index (χ0) is 27.3. The number of fused-ring (bicyclic) bond motifs is 2. The van der Waals surface area contributed by atoms with Crippen molar-refractivity contribution in [3.8, 4) is 0 Å². The third kappa shape index (κ3) is 4.56. The van der Waals surface area contributed by atoms with E-state index in [1.807, 2.05) is 31.7 Å². The van der Waals surface area contributed by atoms with E-state index in [9.17, 15) is 15.2 Å². The van der Waals surface area contributed by atoms with Crippen LogP contribution < -0.4 is 10.2 Å². The van der Waals surface area contributed by atoms with Gasteiger partial charge in [0, 0.05) is 36.3 Å². The maximum Gasteiger partial charge on any atom is 0.300 e. The van der Waals surface area contributed by atoms with Crippen molar-refractivity contribution >= 4 is 45.2 Å². The quantitative estimate of drug-likeness (QED) is 0.241. The summed E-state index contributed by atoms with van der Waals surface area (Å²) in [5.74, 6) is 1.79. The Kier molecular flexibility index (Phi) is 5.79. The lowest BCUT2D eigenvalue weighted by molar-refractivity contribution is -0.383. The molecule has 1 aliphatic heterocycles. The molecule has 0 amide bonds. The van der Waals surface area contributed by atoms with E-state index in [4.69, 9.17) is 19.7 Å². The number of rotatable bonds is 6. The van der Waals surface area contributed by atoms with Crippen molar-refractivity contribution < 1.29 is 14.7 Å². The zero-order valence-corrected chi connectivity index (χ0v) is 21.4. The number of aliphatic hydroxyl groups excluding tert-OH is 1. The molecule has 1 atom stereocenters. The van der Waals surface area contributed by atoms with Gasteiger partial charge in [0.2, 0.25) is 11.2 Å². The monoisotopic (exact) mass is 531 g/mol. The second-order valence-corrected chi connectivity index (χ2v) is 10.4. The SMILES string of the molecule is CC(C)(C)c1nc(N2CCC(O)C2)c2nn(Cc3cccnc3Nc3ccc([N+](=O)[O-])c4nonc34)nc2n1. The smallest absolute Gasteiger partial charge is 0.300 e. The van der Waals surface area contributed by atoms with E-state index < -0.39 is 11.0 Å². The van der Waals surface area contributed by atoms with Crippen molar-refractivity contribution in [1.82, 2.24) is 40.3 Å². The molecule has 0 spiro atoms. The third-order valence-corrected chi connectivity index (χ3v) is 6.45. The molecule has 4 aromatic heterocycles. The minimum absolute atomic E-state index is 0.0373. The molecule has 15 nitrogen and oxygen atoms in total. The summed E-state index contributed by atoms with van der Waals surface area (Å²) in [5.41, 5.74) is 1.96. The highest BCUT2D eigenvalue weighted by Gasteiger charge is 2.29. The Bertz CT molecular complexity index is 1710. The molecule has 0 radical (unpaired) electrons. The summed E-state index contributed by atoms with van der Waals surface area (Å²) in [5, 5.41) is 41.5. The first kappa shape index (κ1) is 24.5. The Morgan fingerprint density at radius 2 is 1.97 bits per heavy atom. The molecule has 2 N–H and O–H groups in total. The number of nitro benzene ring substituents is 1. The van der Waals surface area contributed by atoms with Crippen LogP contribution in [0.3, 0.4) is 0 Å². The van der Waals surface area contributed by atoms with Crippen LogP contribution in [0.5, 0.6) is 0 Å². The van der Waals surface area contributed by atoms with E-state index in [-0.39, 0.29) is 28.7 Å². The number of pyridine rings is 1. The van der Waals surface area contributed by atoms with Gasteiger partial charge in [0.25, 0.3) is 0 Å². The van der Waals surface area contributed by atoms with Crippen LogP contribution in [0.2, 0.25) is 0 Å². The summed E-state index contributed by atoms with van der Waals surface area (Å²) in [6, 6.07) is 6.53. The molecule has 6 rings (SSSR count). The molecule has 39 heavy (non-hydrogen) atoms. The predicted molar refractivity (Wildman–Crippen MR) is 140 cm³/mol. The highest BCUT2D eigenvalue weighted by molar-refractivity contribution is 5.94. The number of benzene rings is 1. The number of hydrogen-bond donors (Lipinski definition) is 2. The van der Waals surface area contributed by atoms with E-state index >= 15 is 0 Å². The standard InChI is InChI=1S/C24H25N11O4/c1-24(2,3)23-27-21-19(22(28-23)33-10-8-14(36)12-33)29-34(30-21)11-13-5-4-9-25-20(13)26-15-6-7-16(35(37)38)18-17(15)31-39-32-18/h4-7,9,14,36H,8,10-12H2,1-3H3,(H,25,26). The van der Waals surface area contributed by atoms with E-state index in [0.29, 0.717) is 53.8 Å². The number of β-amino-alcohol motifs (C(OH)–C–C–N with tert-alkyl or cyclic N) is 1. The van der Waals surface area contributed by atoms with Gasteiger partial charge in [-0.25, -0.2) is 19.6 Å². The average Bonchev–Trinajstić information content (AvgIpc) is 3.63. The van der Waals surface area contributed by atoms with Gasteiger partial charge in [0.15, 0.2) is 16.9 Å². The minimum atomic E-state index is -0.540. The molecule has 1 unspecified atom stereocenters.